The monoisotopic (exact) mass is 335 g/mol. The van der Waals surface area contributed by atoms with Crippen LogP contribution in [0.4, 0.5) is 4.39 Å². The number of carbonyl (C=O) groups is 2. The third kappa shape index (κ3) is 2.40. The van der Waals surface area contributed by atoms with E-state index in [0.717, 1.165) is 18.5 Å². The largest absolute Gasteiger partial charge is 0.465 e. The molecule has 2 heterocycles. The molecule has 1 aromatic rings. The number of halogens is 1. The molecule has 1 aromatic carbocycles. The maximum absolute atomic E-state index is 14.0. The van der Waals surface area contributed by atoms with Gasteiger partial charge in [-0.15, -0.1) is 0 Å². The number of benzene rings is 1. The smallest absolute Gasteiger partial charge is 0.329 e. The van der Waals surface area contributed by atoms with Crippen LogP contribution in [0.25, 0.3) is 0 Å². The number of fused-ring (bicyclic) bond motifs is 2. The van der Waals surface area contributed by atoms with Gasteiger partial charge in [0.1, 0.15) is 5.82 Å². The lowest BCUT2D eigenvalue weighted by Crippen LogP contribution is -2.61. The summed E-state index contributed by atoms with van der Waals surface area (Å²) in [4.78, 5) is 28.1. The first-order valence-electron chi connectivity index (χ1n) is 8.43. The van der Waals surface area contributed by atoms with Crippen molar-refractivity contribution in [2.45, 2.75) is 44.7 Å². The zero-order valence-electron chi connectivity index (χ0n) is 14.0. The lowest BCUT2D eigenvalue weighted by molar-refractivity contribution is -0.169. The molecule has 0 spiro atoms. The van der Waals surface area contributed by atoms with Gasteiger partial charge in [-0.1, -0.05) is 6.07 Å². The number of hydrogen-bond acceptors (Lipinski definition) is 5. The van der Waals surface area contributed by atoms with Gasteiger partial charge in [0.05, 0.1) is 13.2 Å². The molecule has 0 radical (unpaired) electrons. The van der Waals surface area contributed by atoms with Crippen LogP contribution in [0.3, 0.4) is 0 Å². The molecule has 24 heavy (non-hydrogen) atoms. The van der Waals surface area contributed by atoms with E-state index in [2.05, 4.69) is 4.90 Å². The van der Waals surface area contributed by atoms with E-state index >= 15 is 0 Å². The van der Waals surface area contributed by atoms with Crippen LogP contribution in [-0.4, -0.2) is 42.6 Å². The summed E-state index contributed by atoms with van der Waals surface area (Å²) in [5.74, 6) is -1.77. The number of nitrogens with zero attached hydrogens (tertiary/aromatic N) is 1. The van der Waals surface area contributed by atoms with Gasteiger partial charge in [-0.3, -0.25) is 14.5 Å². The van der Waals surface area contributed by atoms with Crippen LogP contribution < -0.4 is 0 Å². The molecular weight excluding hydrogens is 313 g/mol. The van der Waals surface area contributed by atoms with E-state index in [-0.39, 0.29) is 19.3 Å². The highest BCUT2D eigenvalue weighted by Gasteiger charge is 2.61. The zero-order chi connectivity index (χ0) is 17.3. The molecule has 0 amide bonds. The van der Waals surface area contributed by atoms with Crippen LogP contribution in [0, 0.1) is 5.82 Å². The summed E-state index contributed by atoms with van der Waals surface area (Å²) in [6.45, 7) is 5.08. The van der Waals surface area contributed by atoms with Gasteiger partial charge < -0.3 is 9.47 Å². The van der Waals surface area contributed by atoms with Crippen LogP contribution >= 0.6 is 0 Å². The molecule has 130 valence electrons. The molecule has 0 saturated carbocycles. The minimum absolute atomic E-state index is 0.150. The molecule has 2 aliphatic heterocycles. The number of ether oxygens (including phenoxy) is 2. The van der Waals surface area contributed by atoms with Gasteiger partial charge >= 0.3 is 11.9 Å². The van der Waals surface area contributed by atoms with Crippen LogP contribution in [0.5, 0.6) is 0 Å². The van der Waals surface area contributed by atoms with Gasteiger partial charge in [0, 0.05) is 12.6 Å². The molecule has 0 aliphatic carbocycles. The van der Waals surface area contributed by atoms with E-state index in [1.54, 1.807) is 19.9 Å². The molecule has 6 heteroatoms. The Bertz CT molecular complexity index is 642. The zero-order valence-corrected chi connectivity index (χ0v) is 14.0. The van der Waals surface area contributed by atoms with Crippen molar-refractivity contribution >= 4 is 11.9 Å². The Morgan fingerprint density at radius 3 is 2.54 bits per heavy atom. The topological polar surface area (TPSA) is 55.8 Å². The molecule has 3 rings (SSSR count). The lowest BCUT2D eigenvalue weighted by atomic mass is 9.69. The minimum Gasteiger partial charge on any atom is -0.465 e. The third-order valence-electron chi connectivity index (χ3n) is 4.93. The summed E-state index contributed by atoms with van der Waals surface area (Å²) < 4.78 is 24.5. The first kappa shape index (κ1) is 16.9. The average molecular weight is 335 g/mol. The van der Waals surface area contributed by atoms with E-state index in [9.17, 15) is 14.0 Å². The highest BCUT2D eigenvalue weighted by Crippen LogP contribution is 2.45. The molecule has 1 fully saturated rings. The lowest BCUT2D eigenvalue weighted by Gasteiger charge is -2.44. The van der Waals surface area contributed by atoms with Crippen molar-refractivity contribution in [3.8, 4) is 0 Å². The number of hydrogen-bond donors (Lipinski definition) is 0. The maximum atomic E-state index is 14.0. The quantitative estimate of drug-likeness (QED) is 0.623. The summed E-state index contributed by atoms with van der Waals surface area (Å²) >= 11 is 0. The van der Waals surface area contributed by atoms with Crippen LogP contribution in [0.15, 0.2) is 18.2 Å². The molecule has 1 unspecified atom stereocenters. The van der Waals surface area contributed by atoms with Crippen LogP contribution in [-0.2, 0) is 31.0 Å². The van der Waals surface area contributed by atoms with Gasteiger partial charge in [0.15, 0.2) is 0 Å². The Morgan fingerprint density at radius 1 is 1.25 bits per heavy atom. The number of esters is 2. The molecule has 0 aromatic heterocycles. The first-order valence-corrected chi connectivity index (χ1v) is 8.43. The van der Waals surface area contributed by atoms with Crippen molar-refractivity contribution in [3.05, 3.63) is 35.1 Å². The van der Waals surface area contributed by atoms with Crippen molar-refractivity contribution in [2.24, 2.45) is 0 Å². The standard InChI is InChI=1S/C18H22FNO4/c1-3-23-16(21)18(17(22)24-4-2)14-10-13(19)8-7-12(14)11-20-9-5-6-15(18)20/h7-8,10,15H,3-6,9,11H2,1-2H3. The Morgan fingerprint density at radius 2 is 1.92 bits per heavy atom. The van der Waals surface area contributed by atoms with E-state index < -0.39 is 23.2 Å². The van der Waals surface area contributed by atoms with Crippen molar-refractivity contribution in [2.75, 3.05) is 19.8 Å². The van der Waals surface area contributed by atoms with E-state index in [4.69, 9.17) is 9.47 Å². The highest BCUT2D eigenvalue weighted by molar-refractivity contribution is 6.08. The van der Waals surface area contributed by atoms with E-state index in [0.29, 0.717) is 18.5 Å². The second kappa shape index (κ2) is 6.51. The van der Waals surface area contributed by atoms with Crippen molar-refractivity contribution in [1.29, 1.82) is 0 Å². The number of rotatable bonds is 4. The summed E-state index contributed by atoms with van der Waals surface area (Å²) in [7, 11) is 0. The highest BCUT2D eigenvalue weighted by atomic mass is 19.1. The molecule has 0 bridgehead atoms. The Balaban J connectivity index is 2.24. The summed E-state index contributed by atoms with van der Waals surface area (Å²) in [6.07, 6.45) is 1.55. The van der Waals surface area contributed by atoms with Crippen molar-refractivity contribution < 1.29 is 23.5 Å². The van der Waals surface area contributed by atoms with Gasteiger partial charge in [-0.05, 0) is 56.5 Å². The average Bonchev–Trinajstić information content (AvgIpc) is 3.01. The van der Waals surface area contributed by atoms with Gasteiger partial charge in [-0.25, -0.2) is 4.39 Å². The molecule has 5 nitrogen and oxygen atoms in total. The molecule has 2 aliphatic rings. The van der Waals surface area contributed by atoms with Gasteiger partial charge in [0.25, 0.3) is 0 Å². The minimum atomic E-state index is -1.61. The summed E-state index contributed by atoms with van der Waals surface area (Å²) in [6, 6.07) is 3.94. The predicted octanol–water partition coefficient (Wildman–Crippen LogP) is 2.17. The molecule has 0 N–H and O–H groups in total. The summed E-state index contributed by atoms with van der Waals surface area (Å²) in [5.41, 5.74) is -0.448. The summed E-state index contributed by atoms with van der Waals surface area (Å²) in [5, 5.41) is 0. The van der Waals surface area contributed by atoms with Crippen molar-refractivity contribution in [1.82, 2.24) is 4.90 Å². The third-order valence-corrected chi connectivity index (χ3v) is 4.93. The fourth-order valence-electron chi connectivity index (χ4n) is 4.02. The second-order valence-corrected chi connectivity index (χ2v) is 6.18. The predicted molar refractivity (Wildman–Crippen MR) is 84.8 cm³/mol. The SMILES string of the molecule is CCOC(=O)C1(C(=O)OCC)c2cc(F)ccc2CN2CCCC21. The second-order valence-electron chi connectivity index (χ2n) is 6.18. The maximum Gasteiger partial charge on any atom is 0.329 e. The van der Waals surface area contributed by atoms with Crippen molar-refractivity contribution in [3.63, 3.8) is 0 Å². The first-order chi connectivity index (χ1) is 11.6. The van der Waals surface area contributed by atoms with Gasteiger partial charge in [0.2, 0.25) is 5.41 Å². The molecule has 1 atom stereocenters. The Kier molecular flexibility index (Phi) is 4.58. The van der Waals surface area contributed by atoms with E-state index in [1.165, 1.54) is 12.1 Å². The Labute approximate surface area is 140 Å². The van der Waals surface area contributed by atoms with E-state index in [1.807, 2.05) is 0 Å². The fourth-order valence-corrected chi connectivity index (χ4v) is 4.02. The van der Waals surface area contributed by atoms with Crippen LogP contribution in [0.2, 0.25) is 0 Å². The van der Waals surface area contributed by atoms with Gasteiger partial charge in [-0.2, -0.15) is 0 Å². The molecule has 1 saturated heterocycles. The molecular formula is C18H22FNO4. The fraction of sp³-hybridized carbons (Fsp3) is 0.556. The van der Waals surface area contributed by atoms with Crippen LogP contribution in [0.1, 0.15) is 37.8 Å². The normalized spacial score (nSPS) is 21.7. The Hall–Kier alpha value is -1.95. The number of carbonyl (C=O) groups excluding carboxylic acids is 2.